The van der Waals surface area contributed by atoms with Crippen molar-refractivity contribution < 1.29 is 14.6 Å². The third kappa shape index (κ3) is 4.80. The van der Waals surface area contributed by atoms with Gasteiger partial charge in [-0.15, -0.1) is 0 Å². The number of ether oxygens (including phenoxy) is 1. The fourth-order valence-corrected chi connectivity index (χ4v) is 3.13. The number of nitrogens with one attached hydrogen (secondary N) is 2. The van der Waals surface area contributed by atoms with Crippen molar-refractivity contribution in [2.45, 2.75) is 0 Å². The van der Waals surface area contributed by atoms with Gasteiger partial charge in [0, 0.05) is 41.9 Å². The molecule has 3 aromatic rings. The largest absolute Gasteiger partial charge is 0.465 e. The molecule has 2 aromatic carbocycles. The maximum atomic E-state index is 10.7. The van der Waals surface area contributed by atoms with Crippen molar-refractivity contribution in [2.75, 3.05) is 41.8 Å². The van der Waals surface area contributed by atoms with E-state index < -0.39 is 6.09 Å². The minimum absolute atomic E-state index is 0.495. The van der Waals surface area contributed by atoms with Gasteiger partial charge in [0.05, 0.1) is 18.9 Å². The van der Waals surface area contributed by atoms with Gasteiger partial charge in [0.25, 0.3) is 0 Å². The number of hydrogen-bond donors (Lipinski definition) is 3. The van der Waals surface area contributed by atoms with Gasteiger partial charge in [0.2, 0.25) is 5.95 Å². The first-order valence-corrected chi connectivity index (χ1v) is 9.30. The smallest absolute Gasteiger partial charge is 0.409 e. The van der Waals surface area contributed by atoms with Gasteiger partial charge < -0.3 is 20.1 Å². The van der Waals surface area contributed by atoms with Crippen molar-refractivity contribution >= 4 is 29.1 Å². The summed E-state index contributed by atoms with van der Waals surface area (Å²) in [5.74, 6) is 0.495. The first-order chi connectivity index (χ1) is 14.2. The highest BCUT2D eigenvalue weighted by molar-refractivity contribution is 5.83. The normalized spacial score (nSPS) is 13.7. The summed E-state index contributed by atoms with van der Waals surface area (Å²) < 4.78 is 5.39. The maximum absolute atomic E-state index is 10.7. The van der Waals surface area contributed by atoms with Gasteiger partial charge in [-0.3, -0.25) is 5.32 Å². The Morgan fingerprint density at radius 3 is 2.34 bits per heavy atom. The Morgan fingerprint density at radius 1 is 0.966 bits per heavy atom. The lowest BCUT2D eigenvalue weighted by atomic mass is 10.1. The van der Waals surface area contributed by atoms with Crippen molar-refractivity contribution in [1.29, 1.82) is 0 Å². The zero-order chi connectivity index (χ0) is 20.1. The van der Waals surface area contributed by atoms with E-state index in [2.05, 4.69) is 37.6 Å². The Bertz CT molecular complexity index is 970. The molecule has 8 heteroatoms. The van der Waals surface area contributed by atoms with Crippen molar-refractivity contribution in [3.8, 4) is 11.3 Å². The average molecular weight is 391 g/mol. The first-order valence-electron chi connectivity index (χ1n) is 9.30. The lowest BCUT2D eigenvalue weighted by molar-refractivity contribution is 0.122. The van der Waals surface area contributed by atoms with E-state index in [1.54, 1.807) is 18.3 Å². The van der Waals surface area contributed by atoms with E-state index in [0.29, 0.717) is 11.6 Å². The number of anilines is 4. The number of carboxylic acid groups (broad SMARTS) is 1. The van der Waals surface area contributed by atoms with Gasteiger partial charge in [-0.1, -0.05) is 12.1 Å². The van der Waals surface area contributed by atoms with Crippen molar-refractivity contribution in [3.63, 3.8) is 0 Å². The second kappa shape index (κ2) is 8.57. The van der Waals surface area contributed by atoms with Gasteiger partial charge in [-0.25, -0.2) is 14.8 Å². The van der Waals surface area contributed by atoms with E-state index in [1.165, 1.54) is 5.69 Å². The SMILES string of the molecule is O=C(O)Nc1ccc(-c2ccnc(Nc3ccc(N4CCOCC4)cc3)n2)cc1. The minimum atomic E-state index is -1.09. The van der Waals surface area contributed by atoms with E-state index >= 15 is 0 Å². The van der Waals surface area contributed by atoms with Gasteiger partial charge in [-0.05, 0) is 42.5 Å². The minimum Gasteiger partial charge on any atom is -0.465 e. The fourth-order valence-electron chi connectivity index (χ4n) is 3.13. The van der Waals surface area contributed by atoms with Crippen LogP contribution < -0.4 is 15.5 Å². The summed E-state index contributed by atoms with van der Waals surface area (Å²) in [6.45, 7) is 3.32. The second-order valence-corrected chi connectivity index (χ2v) is 6.54. The lowest BCUT2D eigenvalue weighted by Crippen LogP contribution is -2.36. The molecule has 29 heavy (non-hydrogen) atoms. The highest BCUT2D eigenvalue weighted by Gasteiger charge is 2.11. The Hall–Kier alpha value is -3.65. The quantitative estimate of drug-likeness (QED) is 0.608. The number of nitrogens with zero attached hydrogens (tertiary/aromatic N) is 3. The number of benzene rings is 2. The Labute approximate surface area is 168 Å². The molecule has 0 aliphatic carbocycles. The third-order valence-electron chi connectivity index (χ3n) is 4.59. The average Bonchev–Trinajstić information content (AvgIpc) is 2.75. The number of morpholine rings is 1. The van der Waals surface area contributed by atoms with Gasteiger partial charge >= 0.3 is 6.09 Å². The molecule has 1 saturated heterocycles. The van der Waals surface area contributed by atoms with Crippen LogP contribution in [-0.4, -0.2) is 47.5 Å². The monoisotopic (exact) mass is 391 g/mol. The Kier molecular flexibility index (Phi) is 5.53. The maximum Gasteiger partial charge on any atom is 0.409 e. The molecule has 0 unspecified atom stereocenters. The second-order valence-electron chi connectivity index (χ2n) is 6.54. The summed E-state index contributed by atoms with van der Waals surface area (Å²) in [6.07, 6.45) is 0.599. The summed E-state index contributed by atoms with van der Waals surface area (Å²) in [4.78, 5) is 21.8. The lowest BCUT2D eigenvalue weighted by Gasteiger charge is -2.28. The van der Waals surface area contributed by atoms with E-state index in [9.17, 15) is 4.79 Å². The number of carbonyl (C=O) groups is 1. The van der Waals surface area contributed by atoms with Gasteiger partial charge in [0.1, 0.15) is 0 Å². The highest BCUT2D eigenvalue weighted by Crippen LogP contribution is 2.23. The topological polar surface area (TPSA) is 99.6 Å². The molecule has 4 rings (SSSR count). The third-order valence-corrected chi connectivity index (χ3v) is 4.59. The van der Waals surface area contributed by atoms with E-state index in [-0.39, 0.29) is 0 Å². The van der Waals surface area contributed by atoms with Crippen LogP contribution in [0.5, 0.6) is 0 Å². The predicted octanol–water partition coefficient (Wildman–Crippen LogP) is 3.81. The predicted molar refractivity (Wildman–Crippen MR) is 112 cm³/mol. The molecular weight excluding hydrogens is 370 g/mol. The van der Waals surface area contributed by atoms with Crippen LogP contribution in [0.15, 0.2) is 60.8 Å². The fraction of sp³-hybridized carbons (Fsp3) is 0.190. The molecular formula is C21H21N5O3. The number of amides is 1. The molecule has 0 radical (unpaired) electrons. The van der Waals surface area contributed by atoms with Crippen LogP contribution in [0, 0.1) is 0 Å². The van der Waals surface area contributed by atoms with E-state index in [0.717, 1.165) is 43.2 Å². The number of hydrogen-bond acceptors (Lipinski definition) is 6. The summed E-state index contributed by atoms with van der Waals surface area (Å²) in [7, 11) is 0. The summed E-state index contributed by atoms with van der Waals surface area (Å²) in [6, 6.07) is 17.0. The van der Waals surface area contributed by atoms with Crippen LogP contribution in [0.1, 0.15) is 0 Å². The van der Waals surface area contributed by atoms with Crippen LogP contribution >= 0.6 is 0 Å². The Morgan fingerprint density at radius 2 is 1.66 bits per heavy atom. The molecule has 2 heterocycles. The highest BCUT2D eigenvalue weighted by atomic mass is 16.5. The molecule has 0 atom stereocenters. The molecule has 3 N–H and O–H groups in total. The molecule has 1 aliphatic rings. The van der Waals surface area contributed by atoms with Crippen LogP contribution in [0.25, 0.3) is 11.3 Å². The summed E-state index contributed by atoms with van der Waals surface area (Å²) >= 11 is 0. The molecule has 1 aliphatic heterocycles. The molecule has 148 valence electrons. The number of rotatable bonds is 5. The molecule has 1 fully saturated rings. The first kappa shape index (κ1) is 18.7. The molecule has 1 amide bonds. The summed E-state index contributed by atoms with van der Waals surface area (Å²) in [5, 5.41) is 14.3. The standard InChI is InChI=1S/C21H21N5O3/c27-21(28)24-17-3-1-15(2-4-17)19-9-10-22-20(25-19)23-16-5-7-18(8-6-16)26-11-13-29-14-12-26/h1-10,24H,11-14H2,(H,27,28)(H,22,23,25). The Balaban J connectivity index is 1.45. The van der Waals surface area contributed by atoms with Crippen LogP contribution in [-0.2, 0) is 4.74 Å². The molecule has 1 aromatic heterocycles. The zero-order valence-corrected chi connectivity index (χ0v) is 15.7. The molecule has 0 bridgehead atoms. The summed E-state index contributed by atoms with van der Waals surface area (Å²) in [5.41, 5.74) is 4.20. The number of aromatic nitrogens is 2. The van der Waals surface area contributed by atoms with Gasteiger partial charge in [-0.2, -0.15) is 0 Å². The van der Waals surface area contributed by atoms with E-state index in [4.69, 9.17) is 9.84 Å². The van der Waals surface area contributed by atoms with Crippen molar-refractivity contribution in [3.05, 3.63) is 60.8 Å². The van der Waals surface area contributed by atoms with Crippen LogP contribution in [0.3, 0.4) is 0 Å². The molecule has 8 nitrogen and oxygen atoms in total. The van der Waals surface area contributed by atoms with Crippen LogP contribution in [0.2, 0.25) is 0 Å². The van der Waals surface area contributed by atoms with Crippen molar-refractivity contribution in [1.82, 2.24) is 9.97 Å². The zero-order valence-electron chi connectivity index (χ0n) is 15.7. The van der Waals surface area contributed by atoms with Crippen molar-refractivity contribution in [2.24, 2.45) is 0 Å². The molecule has 0 saturated carbocycles. The van der Waals surface area contributed by atoms with Crippen LogP contribution in [0.4, 0.5) is 27.8 Å². The molecule has 0 spiro atoms. The van der Waals surface area contributed by atoms with E-state index in [1.807, 2.05) is 30.3 Å². The van der Waals surface area contributed by atoms with Gasteiger partial charge in [0.15, 0.2) is 0 Å².